The Kier molecular flexibility index (Phi) is 12.7. The molecule has 0 aliphatic heterocycles. The predicted octanol–water partition coefficient (Wildman–Crippen LogP) is -7.72. The second-order valence-electron chi connectivity index (χ2n) is 4.28. The van der Waals surface area contributed by atoms with E-state index in [4.69, 9.17) is 4.55 Å². The van der Waals surface area contributed by atoms with Crippen molar-refractivity contribution < 1.29 is 91.9 Å². The van der Waals surface area contributed by atoms with E-state index in [0.717, 1.165) is 6.08 Å². The van der Waals surface area contributed by atoms with Crippen LogP contribution in [0.2, 0.25) is 0 Å². The third-order valence-corrected chi connectivity index (χ3v) is 3.79. The summed E-state index contributed by atoms with van der Waals surface area (Å²) in [6.07, 6.45) is -0.0275. The summed E-state index contributed by atoms with van der Waals surface area (Å²) in [4.78, 5) is 22.2. The van der Waals surface area contributed by atoms with E-state index in [2.05, 4.69) is 13.2 Å². The number of rotatable bonds is 8. The fourth-order valence-electron chi connectivity index (χ4n) is 1.96. The molecule has 10 heteroatoms. The minimum Gasteiger partial charge on any atom is -0.549 e. The molecule has 0 aromatic rings. The summed E-state index contributed by atoms with van der Waals surface area (Å²) in [5.74, 6) is -4.17. The van der Waals surface area contributed by atoms with Crippen LogP contribution >= 0.6 is 0 Å². The van der Waals surface area contributed by atoms with Crippen LogP contribution in [0.25, 0.3) is 0 Å². The molecule has 0 saturated heterocycles. The van der Waals surface area contributed by atoms with Crippen LogP contribution in [0, 0.1) is 5.41 Å². The smallest absolute Gasteiger partial charge is 0.549 e. The second kappa shape index (κ2) is 10.2. The summed E-state index contributed by atoms with van der Waals surface area (Å²) in [5, 5.41) is 19.6. The average molecular weight is 336 g/mol. The maximum absolute atomic E-state index is 11.3. The molecule has 2 atom stereocenters. The van der Waals surface area contributed by atoms with Crippen LogP contribution in [0.4, 0.5) is 0 Å². The van der Waals surface area contributed by atoms with E-state index in [1.165, 1.54) is 6.92 Å². The van der Waals surface area contributed by atoms with Gasteiger partial charge in [0, 0.05) is 11.4 Å². The van der Waals surface area contributed by atoms with Crippen molar-refractivity contribution in [3.8, 4) is 0 Å². The number of allylic oxidation sites excluding steroid dienone is 2. The maximum atomic E-state index is 11.3. The van der Waals surface area contributed by atoms with Gasteiger partial charge in [-0.3, -0.25) is 4.55 Å². The minimum atomic E-state index is -5.21. The van der Waals surface area contributed by atoms with Crippen molar-refractivity contribution in [1.29, 1.82) is 0 Å². The van der Waals surface area contributed by atoms with E-state index in [0.29, 0.717) is 0 Å². The van der Waals surface area contributed by atoms with Crippen LogP contribution in [0.15, 0.2) is 24.8 Å². The number of carboxylic acids is 2. The Labute approximate surface area is 167 Å². The molecular formula is C11H14Na2O7S. The first kappa shape index (κ1) is 26.2. The van der Waals surface area contributed by atoms with E-state index in [1.807, 2.05) is 0 Å². The van der Waals surface area contributed by atoms with Crippen molar-refractivity contribution in [1.82, 2.24) is 0 Å². The van der Waals surface area contributed by atoms with Crippen LogP contribution < -0.4 is 69.3 Å². The average Bonchev–Trinajstić information content (AvgIpc) is 2.12. The van der Waals surface area contributed by atoms with Gasteiger partial charge in [-0.25, -0.2) is 0 Å². The molecule has 0 bridgehead atoms. The van der Waals surface area contributed by atoms with Crippen molar-refractivity contribution in [2.75, 3.05) is 0 Å². The van der Waals surface area contributed by atoms with Gasteiger partial charge in [-0.15, -0.1) is 13.2 Å². The molecule has 0 rings (SSSR count). The molecule has 0 amide bonds. The number of carbonyl (C=O) groups is 2. The summed E-state index contributed by atoms with van der Waals surface area (Å²) in [6, 6.07) is 0. The van der Waals surface area contributed by atoms with E-state index >= 15 is 0 Å². The molecule has 0 fully saturated rings. The zero-order valence-corrected chi connectivity index (χ0v) is 17.1. The molecule has 0 aromatic carbocycles. The van der Waals surface area contributed by atoms with Crippen LogP contribution in [-0.4, -0.2) is 30.2 Å². The summed E-state index contributed by atoms with van der Waals surface area (Å²) >= 11 is 0. The van der Waals surface area contributed by atoms with Gasteiger partial charge in [-0.2, -0.15) is 8.42 Å². The van der Waals surface area contributed by atoms with E-state index in [1.54, 1.807) is 0 Å². The zero-order chi connectivity index (χ0) is 15.4. The fraction of sp³-hybridized carbons (Fsp3) is 0.455. The number of carbonyl (C=O) groups excluding carboxylic acids is 2. The van der Waals surface area contributed by atoms with Crippen LogP contribution in [-0.2, 0) is 19.7 Å². The zero-order valence-electron chi connectivity index (χ0n) is 12.3. The number of carboxylic acid groups (broad SMARTS) is 2. The van der Waals surface area contributed by atoms with Gasteiger partial charge in [0.05, 0.1) is 5.97 Å². The Morgan fingerprint density at radius 2 is 1.76 bits per heavy atom. The van der Waals surface area contributed by atoms with Crippen molar-refractivity contribution in [2.24, 2.45) is 5.41 Å². The molecule has 0 aliphatic rings. The molecule has 1 N–H and O–H groups in total. The predicted molar refractivity (Wildman–Crippen MR) is 62.0 cm³/mol. The molecule has 0 heterocycles. The first-order valence-electron chi connectivity index (χ1n) is 5.13. The summed E-state index contributed by atoms with van der Waals surface area (Å²) in [6.45, 7) is 8.05. The molecule has 0 radical (unpaired) electrons. The molecule has 21 heavy (non-hydrogen) atoms. The monoisotopic (exact) mass is 336 g/mol. The van der Waals surface area contributed by atoms with Crippen molar-refractivity contribution in [3.05, 3.63) is 24.8 Å². The minimum absolute atomic E-state index is 0. The molecule has 0 aliphatic carbocycles. The molecular weight excluding hydrogens is 322 g/mol. The van der Waals surface area contributed by atoms with Crippen LogP contribution in [0.3, 0.4) is 0 Å². The summed E-state index contributed by atoms with van der Waals surface area (Å²) in [7, 11) is -5.21. The molecule has 0 aromatic heterocycles. The molecule has 2 unspecified atom stereocenters. The Morgan fingerprint density at radius 1 is 1.33 bits per heavy atom. The third kappa shape index (κ3) is 6.96. The number of aliphatic carboxylic acids is 2. The largest absolute Gasteiger partial charge is 1.00 e. The van der Waals surface area contributed by atoms with Gasteiger partial charge in [0.1, 0.15) is 5.25 Å². The van der Waals surface area contributed by atoms with Gasteiger partial charge in [-0.05, 0) is 19.8 Å². The first-order chi connectivity index (χ1) is 8.49. The van der Waals surface area contributed by atoms with Gasteiger partial charge in [-0.1, -0.05) is 11.6 Å². The van der Waals surface area contributed by atoms with E-state index in [9.17, 15) is 28.2 Å². The standard InChI is InChI=1S/C11H16O7S.2Na/c1-4-5-11(10(14)15,6-7(2)3)8(9(12)13)19(16,17)18;;/h4,8H,1-2,5-6H2,3H3,(H,12,13)(H,14,15)(H,16,17,18);;/q;2*+1/p-2. The molecule has 0 saturated carbocycles. The topological polar surface area (TPSA) is 135 Å². The van der Waals surface area contributed by atoms with Crippen molar-refractivity contribution in [3.63, 3.8) is 0 Å². The van der Waals surface area contributed by atoms with Gasteiger partial charge >= 0.3 is 59.1 Å². The van der Waals surface area contributed by atoms with E-state index in [-0.39, 0.29) is 64.7 Å². The van der Waals surface area contributed by atoms with Gasteiger partial charge in [0.25, 0.3) is 10.1 Å². The Morgan fingerprint density at radius 3 is 1.95 bits per heavy atom. The van der Waals surface area contributed by atoms with Crippen molar-refractivity contribution in [2.45, 2.75) is 25.0 Å². The first-order valence-corrected chi connectivity index (χ1v) is 6.63. The number of hydrogen-bond donors (Lipinski definition) is 1. The number of hydrogen-bond acceptors (Lipinski definition) is 6. The van der Waals surface area contributed by atoms with Gasteiger partial charge < -0.3 is 19.8 Å². The van der Waals surface area contributed by atoms with Gasteiger partial charge in [0.2, 0.25) is 0 Å². The Bertz CT molecular complexity index is 515. The summed E-state index contributed by atoms with van der Waals surface area (Å²) < 4.78 is 31.3. The second-order valence-corrected chi connectivity index (χ2v) is 5.79. The fourth-order valence-corrected chi connectivity index (χ4v) is 3.05. The van der Waals surface area contributed by atoms with Crippen LogP contribution in [0.5, 0.6) is 0 Å². The SMILES string of the molecule is C=CCC(CC(=C)C)(C(=O)[O-])C(C(=O)[O-])S(=O)(=O)O.[Na+].[Na+]. The normalized spacial score (nSPS) is 14.6. The maximum Gasteiger partial charge on any atom is 1.00 e. The quantitative estimate of drug-likeness (QED) is 0.264. The van der Waals surface area contributed by atoms with Crippen molar-refractivity contribution >= 4 is 22.1 Å². The third-order valence-electron chi connectivity index (χ3n) is 2.55. The molecule has 0 spiro atoms. The molecule has 108 valence electrons. The van der Waals surface area contributed by atoms with Gasteiger partial charge in [0.15, 0.2) is 0 Å². The molecule has 7 nitrogen and oxygen atoms in total. The van der Waals surface area contributed by atoms with E-state index < -0.39 is 45.6 Å². The van der Waals surface area contributed by atoms with Crippen LogP contribution in [0.1, 0.15) is 19.8 Å². The summed E-state index contributed by atoms with van der Waals surface area (Å²) in [5.41, 5.74) is -2.21. The Hall–Kier alpha value is 0.330. The Balaban J connectivity index is -0.00000162.